The number of nitrogens with one attached hydrogen (secondary N) is 2. The molecule has 2 rings (SSSR count). The summed E-state index contributed by atoms with van der Waals surface area (Å²) in [6, 6.07) is 6.42. The standard InChI is InChI=1S/C15H13ClN2O3S2/c1-8-7-23-12(14(20)21-2)11(8)17-15(22)18-13(19)9-3-5-10(16)6-4-9/h3-7H,1-2H3,(H2,17,18,19,22). The largest absolute Gasteiger partial charge is 0.465 e. The van der Waals surface area contributed by atoms with Crippen LogP contribution in [0.4, 0.5) is 5.69 Å². The number of carbonyl (C=O) groups is 2. The first-order valence-corrected chi connectivity index (χ1v) is 8.13. The average Bonchev–Trinajstić information content (AvgIpc) is 2.88. The number of methoxy groups -OCH3 is 1. The van der Waals surface area contributed by atoms with Crippen molar-refractivity contribution in [2.75, 3.05) is 12.4 Å². The molecule has 1 aromatic carbocycles. The van der Waals surface area contributed by atoms with E-state index >= 15 is 0 Å². The number of benzene rings is 1. The number of thiocarbonyl (C=S) groups is 1. The lowest BCUT2D eigenvalue weighted by Gasteiger charge is -2.11. The van der Waals surface area contributed by atoms with Gasteiger partial charge in [0.15, 0.2) is 5.11 Å². The number of aryl methyl sites for hydroxylation is 1. The van der Waals surface area contributed by atoms with E-state index in [1.165, 1.54) is 18.4 Å². The molecule has 2 N–H and O–H groups in total. The molecular weight excluding hydrogens is 356 g/mol. The van der Waals surface area contributed by atoms with E-state index < -0.39 is 5.97 Å². The van der Waals surface area contributed by atoms with Crippen LogP contribution in [0.25, 0.3) is 0 Å². The quantitative estimate of drug-likeness (QED) is 0.639. The van der Waals surface area contributed by atoms with Crippen LogP contribution in [0.2, 0.25) is 5.02 Å². The Bertz CT molecular complexity index is 757. The van der Waals surface area contributed by atoms with Crippen LogP contribution in [-0.2, 0) is 4.74 Å². The number of halogens is 1. The topological polar surface area (TPSA) is 67.4 Å². The highest BCUT2D eigenvalue weighted by atomic mass is 35.5. The molecule has 0 spiro atoms. The number of hydrogen-bond acceptors (Lipinski definition) is 5. The summed E-state index contributed by atoms with van der Waals surface area (Å²) in [4.78, 5) is 24.2. The Hall–Kier alpha value is -1.96. The molecule has 1 heterocycles. The van der Waals surface area contributed by atoms with E-state index in [9.17, 15) is 9.59 Å². The highest BCUT2D eigenvalue weighted by Crippen LogP contribution is 2.28. The number of esters is 1. The van der Waals surface area contributed by atoms with Crippen LogP contribution in [0.1, 0.15) is 25.6 Å². The number of carbonyl (C=O) groups excluding carboxylic acids is 2. The molecule has 2 aromatic rings. The molecule has 0 fully saturated rings. The lowest BCUT2D eigenvalue weighted by molar-refractivity contribution is 0.0607. The number of amides is 1. The smallest absolute Gasteiger partial charge is 0.350 e. The fourth-order valence-electron chi connectivity index (χ4n) is 1.76. The second kappa shape index (κ2) is 7.54. The molecule has 0 bridgehead atoms. The Labute approximate surface area is 147 Å². The molecule has 1 amide bonds. The number of rotatable bonds is 3. The van der Waals surface area contributed by atoms with Crippen molar-refractivity contribution >= 4 is 57.8 Å². The average molecular weight is 369 g/mol. The van der Waals surface area contributed by atoms with E-state index in [2.05, 4.69) is 10.6 Å². The minimum absolute atomic E-state index is 0.0941. The third-order valence-corrected chi connectivity index (χ3v) is 4.45. The molecule has 120 valence electrons. The van der Waals surface area contributed by atoms with E-state index in [0.717, 1.165) is 5.56 Å². The van der Waals surface area contributed by atoms with Gasteiger partial charge in [-0.3, -0.25) is 10.1 Å². The zero-order valence-corrected chi connectivity index (χ0v) is 14.7. The van der Waals surface area contributed by atoms with Crippen molar-refractivity contribution in [2.24, 2.45) is 0 Å². The van der Waals surface area contributed by atoms with Crippen LogP contribution >= 0.6 is 35.2 Å². The highest BCUT2D eigenvalue weighted by molar-refractivity contribution is 7.80. The molecule has 23 heavy (non-hydrogen) atoms. The van der Waals surface area contributed by atoms with Gasteiger partial charge >= 0.3 is 5.97 Å². The normalized spacial score (nSPS) is 10.0. The molecule has 5 nitrogen and oxygen atoms in total. The summed E-state index contributed by atoms with van der Waals surface area (Å²) in [6.07, 6.45) is 0. The van der Waals surface area contributed by atoms with E-state index in [-0.39, 0.29) is 11.0 Å². The van der Waals surface area contributed by atoms with Gasteiger partial charge in [0.1, 0.15) is 4.88 Å². The number of anilines is 1. The molecule has 1 aromatic heterocycles. The van der Waals surface area contributed by atoms with Crippen LogP contribution in [0.5, 0.6) is 0 Å². The predicted octanol–water partition coefficient (Wildman–Crippen LogP) is 3.62. The van der Waals surface area contributed by atoms with Crippen molar-refractivity contribution in [3.63, 3.8) is 0 Å². The van der Waals surface area contributed by atoms with Crippen LogP contribution in [0.15, 0.2) is 29.6 Å². The Kier molecular flexibility index (Phi) is 5.70. The summed E-state index contributed by atoms with van der Waals surface area (Å²) in [5, 5.41) is 7.86. The van der Waals surface area contributed by atoms with Gasteiger partial charge in [0.25, 0.3) is 5.91 Å². The van der Waals surface area contributed by atoms with Gasteiger partial charge in [-0.15, -0.1) is 11.3 Å². The van der Waals surface area contributed by atoms with E-state index in [1.54, 1.807) is 29.6 Å². The summed E-state index contributed by atoms with van der Waals surface area (Å²) in [7, 11) is 1.31. The van der Waals surface area contributed by atoms with Gasteiger partial charge < -0.3 is 10.1 Å². The van der Waals surface area contributed by atoms with Gasteiger partial charge in [0, 0.05) is 10.6 Å². The van der Waals surface area contributed by atoms with Gasteiger partial charge in [-0.05, 0) is 54.4 Å². The first-order valence-electron chi connectivity index (χ1n) is 6.46. The molecule has 0 aliphatic rings. The SMILES string of the molecule is COC(=O)c1scc(C)c1NC(=S)NC(=O)c1ccc(Cl)cc1. The van der Waals surface area contributed by atoms with Gasteiger partial charge in [0.2, 0.25) is 0 Å². The summed E-state index contributed by atoms with van der Waals surface area (Å²) in [5.74, 6) is -0.830. The number of thiophene rings is 1. The van der Waals surface area contributed by atoms with Crippen molar-refractivity contribution in [1.82, 2.24) is 5.32 Å². The maximum absolute atomic E-state index is 12.1. The lowest BCUT2D eigenvalue weighted by atomic mass is 10.2. The molecule has 0 saturated heterocycles. The van der Waals surface area contributed by atoms with Crippen molar-refractivity contribution in [3.05, 3.63) is 50.7 Å². The second-order valence-electron chi connectivity index (χ2n) is 4.53. The van der Waals surface area contributed by atoms with Crippen LogP contribution < -0.4 is 10.6 Å². The lowest BCUT2D eigenvalue weighted by Crippen LogP contribution is -2.34. The van der Waals surface area contributed by atoms with Gasteiger partial charge in [0.05, 0.1) is 12.8 Å². The van der Waals surface area contributed by atoms with Gasteiger partial charge in [-0.25, -0.2) is 4.79 Å². The maximum atomic E-state index is 12.1. The van der Waals surface area contributed by atoms with Crippen LogP contribution in [0, 0.1) is 6.92 Å². The van der Waals surface area contributed by atoms with Gasteiger partial charge in [-0.1, -0.05) is 11.6 Å². The van der Waals surface area contributed by atoms with E-state index in [1.807, 2.05) is 6.92 Å². The molecule has 0 aliphatic heterocycles. The summed E-state index contributed by atoms with van der Waals surface area (Å²) < 4.78 is 4.72. The molecule has 0 unspecified atom stereocenters. The molecular formula is C15H13ClN2O3S2. The minimum Gasteiger partial charge on any atom is -0.465 e. The van der Waals surface area contributed by atoms with E-state index in [4.69, 9.17) is 28.6 Å². The second-order valence-corrected chi connectivity index (χ2v) is 6.25. The summed E-state index contributed by atoms with van der Waals surface area (Å²) in [6.45, 7) is 1.83. The summed E-state index contributed by atoms with van der Waals surface area (Å²) in [5.41, 5.74) is 1.79. The highest BCUT2D eigenvalue weighted by Gasteiger charge is 2.18. The minimum atomic E-state index is -0.461. The third-order valence-electron chi connectivity index (χ3n) is 2.92. The first-order chi connectivity index (χ1) is 10.9. The Morgan fingerprint density at radius 1 is 1.26 bits per heavy atom. The zero-order chi connectivity index (χ0) is 17.0. The molecule has 0 radical (unpaired) electrons. The fraction of sp³-hybridized carbons (Fsp3) is 0.133. The maximum Gasteiger partial charge on any atom is 0.350 e. The fourth-order valence-corrected chi connectivity index (χ4v) is 3.01. The third kappa shape index (κ3) is 4.28. The number of ether oxygens (including phenoxy) is 1. The molecule has 0 aliphatic carbocycles. The van der Waals surface area contributed by atoms with Crippen molar-refractivity contribution in [1.29, 1.82) is 0 Å². The van der Waals surface area contributed by atoms with Crippen LogP contribution in [0.3, 0.4) is 0 Å². The monoisotopic (exact) mass is 368 g/mol. The van der Waals surface area contributed by atoms with Crippen molar-refractivity contribution < 1.29 is 14.3 Å². The Morgan fingerprint density at radius 2 is 1.91 bits per heavy atom. The van der Waals surface area contributed by atoms with Gasteiger partial charge in [-0.2, -0.15) is 0 Å². The Balaban J connectivity index is 2.08. The summed E-state index contributed by atoms with van der Waals surface area (Å²) >= 11 is 12.2. The predicted molar refractivity (Wildman–Crippen MR) is 95.5 cm³/mol. The molecule has 8 heteroatoms. The van der Waals surface area contributed by atoms with Crippen molar-refractivity contribution in [2.45, 2.75) is 6.92 Å². The van der Waals surface area contributed by atoms with E-state index in [0.29, 0.717) is 21.2 Å². The Morgan fingerprint density at radius 3 is 2.52 bits per heavy atom. The zero-order valence-electron chi connectivity index (χ0n) is 12.3. The molecule has 0 saturated carbocycles. The molecule has 0 atom stereocenters. The first kappa shape index (κ1) is 17.4. The number of hydrogen-bond donors (Lipinski definition) is 2. The van der Waals surface area contributed by atoms with Crippen molar-refractivity contribution in [3.8, 4) is 0 Å². The van der Waals surface area contributed by atoms with Crippen LogP contribution in [-0.4, -0.2) is 24.1 Å².